The summed E-state index contributed by atoms with van der Waals surface area (Å²) in [6.45, 7) is 9.15. The van der Waals surface area contributed by atoms with Crippen molar-refractivity contribution in [2.45, 2.75) is 98.0 Å². The Morgan fingerprint density at radius 1 is 1.33 bits per heavy atom. The summed E-state index contributed by atoms with van der Waals surface area (Å²) in [5.74, 6) is -1.29. The molecule has 202 valence electrons. The summed E-state index contributed by atoms with van der Waals surface area (Å²) in [4.78, 5) is 30.4. The molecule has 0 unspecified atom stereocenters. The van der Waals surface area contributed by atoms with Crippen molar-refractivity contribution < 1.29 is 29.0 Å². The Morgan fingerprint density at radius 3 is 2.64 bits per heavy atom. The van der Waals surface area contributed by atoms with Gasteiger partial charge in [0.25, 0.3) is 0 Å². The lowest BCUT2D eigenvalue weighted by Gasteiger charge is -2.35. The standard InChI is InChI=1S/C27H41ClN2O6/c1-6-19-25(33)17(3)9-7-8-16(2)10-11-21(20(28)12-18-15-35-23(14-29)30-18)36-24(32)13-22(31)27(4,5)26(19)34/h10,12,15,17,19,21-22,25,31,33H,6-9,11,13-14,29H2,1-5H3/b16-10-,20-12?/t17-,19+,21-,22-,25-/m0/s1. The van der Waals surface area contributed by atoms with Gasteiger partial charge >= 0.3 is 5.97 Å². The molecule has 0 aliphatic carbocycles. The van der Waals surface area contributed by atoms with E-state index in [1.165, 1.54) is 6.26 Å². The molecule has 4 N–H and O–H groups in total. The van der Waals surface area contributed by atoms with Crippen LogP contribution in [0.4, 0.5) is 0 Å². The van der Waals surface area contributed by atoms with Gasteiger partial charge in [-0.25, -0.2) is 4.98 Å². The first-order valence-electron chi connectivity index (χ1n) is 12.7. The molecule has 0 saturated heterocycles. The van der Waals surface area contributed by atoms with Gasteiger partial charge in [-0.1, -0.05) is 50.9 Å². The highest BCUT2D eigenvalue weighted by Crippen LogP contribution is 2.34. The summed E-state index contributed by atoms with van der Waals surface area (Å²) in [6.07, 6.45) is 4.85. The molecule has 1 aromatic heterocycles. The molecule has 0 radical (unpaired) electrons. The Morgan fingerprint density at radius 2 is 2.03 bits per heavy atom. The summed E-state index contributed by atoms with van der Waals surface area (Å²) in [5.41, 5.74) is 5.85. The second-order valence-electron chi connectivity index (χ2n) is 10.3. The molecule has 0 aromatic carbocycles. The van der Waals surface area contributed by atoms with Crippen LogP contribution < -0.4 is 5.73 Å². The van der Waals surface area contributed by atoms with E-state index in [1.54, 1.807) is 19.9 Å². The second kappa shape index (κ2) is 13.5. The zero-order valence-corrected chi connectivity index (χ0v) is 22.8. The van der Waals surface area contributed by atoms with E-state index >= 15 is 0 Å². The van der Waals surface area contributed by atoms with Crippen LogP contribution in [0.15, 0.2) is 27.4 Å². The van der Waals surface area contributed by atoms with Gasteiger partial charge in [-0.2, -0.15) is 0 Å². The number of oxazole rings is 1. The Hall–Kier alpha value is -2.00. The molecule has 1 aliphatic heterocycles. The minimum atomic E-state index is -1.29. The van der Waals surface area contributed by atoms with Crippen molar-refractivity contribution in [3.63, 3.8) is 0 Å². The van der Waals surface area contributed by atoms with E-state index in [1.807, 2.05) is 26.8 Å². The Labute approximate surface area is 218 Å². The van der Waals surface area contributed by atoms with Gasteiger partial charge in [-0.3, -0.25) is 9.59 Å². The fourth-order valence-corrected chi connectivity index (χ4v) is 4.71. The number of ketones is 1. The Balaban J connectivity index is 2.35. The zero-order chi connectivity index (χ0) is 27.0. The van der Waals surface area contributed by atoms with Crippen LogP contribution in [0, 0.1) is 17.3 Å². The van der Waals surface area contributed by atoms with Crippen molar-refractivity contribution in [1.82, 2.24) is 4.98 Å². The maximum atomic E-state index is 13.4. The van der Waals surface area contributed by atoms with E-state index in [0.717, 1.165) is 24.8 Å². The van der Waals surface area contributed by atoms with E-state index < -0.39 is 35.6 Å². The van der Waals surface area contributed by atoms with Crippen LogP contribution in [-0.2, 0) is 20.9 Å². The van der Waals surface area contributed by atoms with Gasteiger partial charge in [0.1, 0.15) is 23.8 Å². The fourth-order valence-electron chi connectivity index (χ4n) is 4.46. The van der Waals surface area contributed by atoms with Crippen molar-refractivity contribution in [2.24, 2.45) is 23.0 Å². The number of rotatable bonds is 4. The topological polar surface area (TPSA) is 136 Å². The average Bonchev–Trinajstić information content (AvgIpc) is 3.28. The summed E-state index contributed by atoms with van der Waals surface area (Å²) in [7, 11) is 0. The highest BCUT2D eigenvalue weighted by molar-refractivity contribution is 6.32. The molecule has 1 aliphatic rings. The van der Waals surface area contributed by atoms with Crippen molar-refractivity contribution in [3.05, 3.63) is 34.5 Å². The lowest BCUT2D eigenvalue weighted by atomic mass is 9.71. The maximum Gasteiger partial charge on any atom is 0.309 e. The van der Waals surface area contributed by atoms with E-state index in [-0.39, 0.29) is 29.7 Å². The number of hydrogen-bond donors (Lipinski definition) is 3. The van der Waals surface area contributed by atoms with E-state index in [4.69, 9.17) is 26.5 Å². The third kappa shape index (κ3) is 8.00. The number of hydrogen-bond acceptors (Lipinski definition) is 8. The van der Waals surface area contributed by atoms with E-state index in [9.17, 15) is 19.8 Å². The third-order valence-corrected chi connectivity index (χ3v) is 7.47. The number of aliphatic hydroxyl groups excluding tert-OH is 2. The van der Waals surface area contributed by atoms with Crippen LogP contribution in [0.3, 0.4) is 0 Å². The number of aliphatic hydroxyl groups is 2. The summed E-state index contributed by atoms with van der Waals surface area (Å²) in [5, 5.41) is 22.1. The van der Waals surface area contributed by atoms with E-state index in [0.29, 0.717) is 24.4 Å². The predicted octanol–water partition coefficient (Wildman–Crippen LogP) is 4.51. The van der Waals surface area contributed by atoms with Gasteiger partial charge < -0.3 is 25.1 Å². The van der Waals surface area contributed by atoms with E-state index in [2.05, 4.69) is 4.98 Å². The number of esters is 1. The normalized spacial score (nSPS) is 31.0. The number of nitrogens with two attached hydrogens (primary N) is 1. The number of allylic oxidation sites excluding steroid dienone is 1. The van der Waals surface area contributed by atoms with Crippen LogP contribution in [-0.4, -0.2) is 45.3 Å². The third-order valence-electron chi connectivity index (χ3n) is 7.12. The molecule has 2 heterocycles. The lowest BCUT2D eigenvalue weighted by molar-refractivity contribution is -0.154. The monoisotopic (exact) mass is 524 g/mol. The number of ether oxygens (including phenoxy) is 1. The number of halogens is 1. The van der Waals surface area contributed by atoms with Gasteiger partial charge in [-0.05, 0) is 44.6 Å². The minimum absolute atomic E-state index is 0.0801. The molecule has 9 heteroatoms. The smallest absolute Gasteiger partial charge is 0.309 e. The highest BCUT2D eigenvalue weighted by atomic mass is 35.5. The van der Waals surface area contributed by atoms with Crippen LogP contribution >= 0.6 is 11.6 Å². The number of carbonyl (C=O) groups is 2. The van der Waals surface area contributed by atoms with Crippen LogP contribution in [0.2, 0.25) is 0 Å². The predicted molar refractivity (Wildman–Crippen MR) is 139 cm³/mol. The van der Waals surface area contributed by atoms with Crippen molar-refractivity contribution in [1.29, 1.82) is 0 Å². The number of nitrogens with zero attached hydrogens (tertiary/aromatic N) is 1. The highest BCUT2D eigenvalue weighted by Gasteiger charge is 2.43. The molecule has 0 bridgehead atoms. The van der Waals surface area contributed by atoms with Crippen molar-refractivity contribution in [2.75, 3.05) is 0 Å². The van der Waals surface area contributed by atoms with Gasteiger partial charge in [0, 0.05) is 12.3 Å². The van der Waals surface area contributed by atoms with Crippen LogP contribution in [0.1, 0.15) is 84.7 Å². The zero-order valence-electron chi connectivity index (χ0n) is 22.0. The molecule has 1 aromatic rings. The first kappa shape index (κ1) is 30.2. The first-order valence-corrected chi connectivity index (χ1v) is 13.1. The first-order chi connectivity index (χ1) is 16.9. The fraction of sp³-hybridized carbons (Fsp3) is 0.667. The molecular weight excluding hydrogens is 484 g/mol. The Kier molecular flexibility index (Phi) is 11.3. The number of carbonyl (C=O) groups excluding carboxylic acids is 2. The van der Waals surface area contributed by atoms with Crippen molar-refractivity contribution in [3.8, 4) is 0 Å². The van der Waals surface area contributed by atoms with Gasteiger partial charge in [-0.15, -0.1) is 0 Å². The number of cyclic esters (lactones) is 1. The van der Waals surface area contributed by atoms with Crippen LogP contribution in [0.25, 0.3) is 6.08 Å². The molecule has 2 rings (SSSR count). The molecule has 0 fully saturated rings. The van der Waals surface area contributed by atoms with Gasteiger partial charge in [0.2, 0.25) is 5.89 Å². The lowest BCUT2D eigenvalue weighted by Crippen LogP contribution is -2.46. The molecule has 0 spiro atoms. The largest absolute Gasteiger partial charge is 0.456 e. The van der Waals surface area contributed by atoms with Crippen molar-refractivity contribution >= 4 is 29.4 Å². The van der Waals surface area contributed by atoms with Crippen LogP contribution in [0.5, 0.6) is 0 Å². The molecule has 0 saturated carbocycles. The molecular formula is C27H41ClN2O6. The molecule has 0 amide bonds. The average molecular weight is 525 g/mol. The summed E-state index contributed by atoms with van der Waals surface area (Å²) in [6, 6.07) is 0. The van der Waals surface area contributed by atoms with Gasteiger partial charge in [0.05, 0.1) is 35.6 Å². The second-order valence-corrected chi connectivity index (χ2v) is 10.8. The number of Topliss-reactive ketones (excluding diaryl/α,β-unsaturated/α-hetero) is 1. The SMILES string of the molecule is CC[C@H]1C(=O)C(C)(C)[C@@H](O)CC(=O)O[C@H](C(Cl)=Cc2coc(CN)n2)C/C=C(/C)CCC[C@H](C)[C@@H]1O. The molecule has 8 nitrogen and oxygen atoms in total. The molecule has 5 atom stereocenters. The Bertz CT molecular complexity index is 954. The quantitative estimate of drug-likeness (QED) is 0.386. The summed E-state index contributed by atoms with van der Waals surface area (Å²) < 4.78 is 10.9. The maximum absolute atomic E-state index is 13.4. The van der Waals surface area contributed by atoms with Gasteiger partial charge in [0.15, 0.2) is 0 Å². The molecule has 36 heavy (non-hydrogen) atoms. The summed E-state index contributed by atoms with van der Waals surface area (Å²) >= 11 is 6.54. The number of aromatic nitrogens is 1. The minimum Gasteiger partial charge on any atom is -0.456 e.